The lowest BCUT2D eigenvalue weighted by atomic mass is 9.80. The van der Waals surface area contributed by atoms with Crippen molar-refractivity contribution in [3.8, 4) is 0 Å². The van der Waals surface area contributed by atoms with Crippen molar-refractivity contribution in [2.24, 2.45) is 5.92 Å². The number of hydrogen-bond acceptors (Lipinski definition) is 7. The Hall–Kier alpha value is -6.09. The molecular weight excluding hydrogens is 680 g/mol. The van der Waals surface area contributed by atoms with E-state index in [-0.39, 0.29) is 13.0 Å². The summed E-state index contributed by atoms with van der Waals surface area (Å²) in [6, 6.07) is 49.0. The van der Waals surface area contributed by atoms with Crippen LogP contribution in [0.3, 0.4) is 0 Å². The first-order valence-electron chi connectivity index (χ1n) is 17.8. The molecule has 3 atom stereocenters. The normalized spacial score (nSPS) is 13.1. The first kappa shape index (κ1) is 37.7. The van der Waals surface area contributed by atoms with Gasteiger partial charge in [-0.2, -0.15) is 0 Å². The molecular formula is C46H42O8. The lowest BCUT2D eigenvalue weighted by Gasteiger charge is -2.37. The zero-order chi connectivity index (χ0) is 37.9. The molecule has 8 heteroatoms. The first-order chi connectivity index (χ1) is 26.3. The van der Waals surface area contributed by atoms with Gasteiger partial charge in [0.1, 0.15) is 17.6 Å². The van der Waals surface area contributed by atoms with Crippen molar-refractivity contribution in [2.45, 2.75) is 30.7 Å². The summed E-state index contributed by atoms with van der Waals surface area (Å²) in [4.78, 5) is 39.7. The number of ether oxygens (including phenoxy) is 4. The summed E-state index contributed by atoms with van der Waals surface area (Å²) in [6.45, 7) is -0.309. The first-order valence-corrected chi connectivity index (χ1v) is 17.8. The highest BCUT2D eigenvalue weighted by Gasteiger charge is 2.41. The molecule has 54 heavy (non-hydrogen) atoms. The van der Waals surface area contributed by atoms with E-state index in [1.54, 1.807) is 36.4 Å². The molecule has 0 aliphatic heterocycles. The van der Waals surface area contributed by atoms with Crippen molar-refractivity contribution in [3.05, 3.63) is 191 Å². The SMILES string of the molecule is COC(=O)c1ccc2cccc(CC[C@H](OC(=O)[C@@H](OC)c3ccccc3)[C@@H](COC(c3ccccc3)(c3ccccc3)c3ccccc3)C(=O)O)c2c1. The van der Waals surface area contributed by atoms with Crippen LogP contribution in [-0.4, -0.2) is 49.9 Å². The molecule has 0 spiro atoms. The summed E-state index contributed by atoms with van der Waals surface area (Å²) in [7, 11) is 2.74. The zero-order valence-electron chi connectivity index (χ0n) is 30.2. The molecule has 6 rings (SSSR count). The van der Waals surface area contributed by atoms with Crippen LogP contribution in [-0.2, 0) is 40.6 Å². The van der Waals surface area contributed by atoms with Crippen LogP contribution in [0.4, 0.5) is 0 Å². The number of rotatable bonds is 16. The molecule has 8 nitrogen and oxygen atoms in total. The molecule has 0 fully saturated rings. The molecule has 1 N–H and O–H groups in total. The topological polar surface area (TPSA) is 108 Å². The molecule has 0 saturated heterocycles. The number of esters is 2. The average Bonchev–Trinajstić information content (AvgIpc) is 3.22. The van der Waals surface area contributed by atoms with Gasteiger partial charge in [0.2, 0.25) is 0 Å². The predicted octanol–water partition coefficient (Wildman–Crippen LogP) is 8.57. The fourth-order valence-corrected chi connectivity index (χ4v) is 6.97. The van der Waals surface area contributed by atoms with Crippen LogP contribution in [0.1, 0.15) is 50.7 Å². The molecule has 0 aromatic heterocycles. The van der Waals surface area contributed by atoms with Gasteiger partial charge in [0.25, 0.3) is 0 Å². The summed E-state index contributed by atoms with van der Waals surface area (Å²) < 4.78 is 23.7. The Bertz CT molecular complexity index is 2060. The fraction of sp³-hybridized carbons (Fsp3) is 0.196. The summed E-state index contributed by atoms with van der Waals surface area (Å²) in [5, 5.41) is 12.6. The smallest absolute Gasteiger partial charge is 0.340 e. The molecule has 0 heterocycles. The van der Waals surface area contributed by atoms with Crippen molar-refractivity contribution in [1.29, 1.82) is 0 Å². The van der Waals surface area contributed by atoms with Gasteiger partial charge < -0.3 is 24.1 Å². The molecule has 6 aromatic carbocycles. The van der Waals surface area contributed by atoms with Gasteiger partial charge in [-0.3, -0.25) is 4.79 Å². The quantitative estimate of drug-likeness (QED) is 0.0782. The van der Waals surface area contributed by atoms with E-state index in [1.807, 2.05) is 121 Å². The minimum Gasteiger partial charge on any atom is -0.481 e. The van der Waals surface area contributed by atoms with Gasteiger partial charge in [0, 0.05) is 7.11 Å². The van der Waals surface area contributed by atoms with Crippen LogP contribution in [0, 0.1) is 5.92 Å². The van der Waals surface area contributed by atoms with Crippen LogP contribution in [0.25, 0.3) is 10.8 Å². The second kappa shape index (κ2) is 17.6. The number of carboxylic acid groups (broad SMARTS) is 1. The van der Waals surface area contributed by atoms with E-state index in [4.69, 9.17) is 18.9 Å². The standard InChI is InChI=1S/C46H42O8/c1-51-42(34-16-7-3-8-17-34)45(50)54-41(29-28-33-19-15-18-32-26-27-35(30-39(32)33)44(49)52-2)40(43(47)48)31-53-46(36-20-9-4-10-21-36,37-22-11-5-12-23-37)38-24-13-6-14-25-38/h3-27,30,40-42H,28-29,31H2,1-2H3,(H,47,48)/t40-,41+,42+/m1/s1. The van der Waals surface area contributed by atoms with E-state index < -0.39 is 41.6 Å². The number of fused-ring (bicyclic) bond motifs is 1. The number of aliphatic carboxylic acids is 1. The number of carbonyl (C=O) groups is 3. The Morgan fingerprint density at radius 1 is 0.667 bits per heavy atom. The number of hydrogen-bond donors (Lipinski definition) is 1. The van der Waals surface area contributed by atoms with Crippen LogP contribution < -0.4 is 0 Å². The number of aryl methyl sites for hydroxylation is 1. The third-order valence-electron chi connectivity index (χ3n) is 9.70. The van der Waals surface area contributed by atoms with Gasteiger partial charge in [-0.15, -0.1) is 0 Å². The Morgan fingerprint density at radius 3 is 1.74 bits per heavy atom. The van der Waals surface area contributed by atoms with E-state index >= 15 is 0 Å². The van der Waals surface area contributed by atoms with Gasteiger partial charge >= 0.3 is 17.9 Å². The molecule has 0 unspecified atom stereocenters. The molecule has 274 valence electrons. The second-order valence-corrected chi connectivity index (χ2v) is 12.9. The van der Waals surface area contributed by atoms with E-state index in [1.165, 1.54) is 14.2 Å². The largest absolute Gasteiger partial charge is 0.481 e. The van der Waals surface area contributed by atoms with Crippen LogP contribution in [0.5, 0.6) is 0 Å². The van der Waals surface area contributed by atoms with E-state index in [2.05, 4.69) is 0 Å². The van der Waals surface area contributed by atoms with Crippen LogP contribution in [0.2, 0.25) is 0 Å². The monoisotopic (exact) mass is 722 g/mol. The lowest BCUT2D eigenvalue weighted by Crippen LogP contribution is -2.41. The Labute approximate surface area is 314 Å². The van der Waals surface area contributed by atoms with Crippen molar-refractivity contribution in [1.82, 2.24) is 0 Å². The van der Waals surface area contributed by atoms with E-state index in [0.29, 0.717) is 17.5 Å². The maximum atomic E-state index is 13.9. The molecule has 0 aliphatic carbocycles. The number of carboxylic acids is 1. The zero-order valence-corrected chi connectivity index (χ0v) is 30.2. The van der Waals surface area contributed by atoms with Gasteiger partial charge in [-0.25, -0.2) is 9.59 Å². The highest BCUT2D eigenvalue weighted by Crippen LogP contribution is 2.41. The third kappa shape index (κ3) is 8.26. The number of benzene rings is 6. The molecule has 0 radical (unpaired) electrons. The minimum atomic E-state index is -1.29. The van der Waals surface area contributed by atoms with E-state index in [0.717, 1.165) is 33.0 Å². The summed E-state index contributed by atoms with van der Waals surface area (Å²) >= 11 is 0. The van der Waals surface area contributed by atoms with Gasteiger partial charge in [-0.1, -0.05) is 146 Å². The minimum absolute atomic E-state index is 0.133. The van der Waals surface area contributed by atoms with E-state index in [9.17, 15) is 19.5 Å². The molecule has 6 aromatic rings. The summed E-state index contributed by atoms with van der Waals surface area (Å²) in [5.41, 5.74) is 3.03. The summed E-state index contributed by atoms with van der Waals surface area (Å²) in [6.07, 6.45) is -1.77. The number of carbonyl (C=O) groups excluding carboxylic acids is 2. The Kier molecular flexibility index (Phi) is 12.3. The highest BCUT2D eigenvalue weighted by molar-refractivity contribution is 5.96. The predicted molar refractivity (Wildman–Crippen MR) is 206 cm³/mol. The van der Waals surface area contributed by atoms with Crippen LogP contribution >= 0.6 is 0 Å². The molecule has 0 aliphatic rings. The fourth-order valence-electron chi connectivity index (χ4n) is 6.97. The molecule has 0 bridgehead atoms. The second-order valence-electron chi connectivity index (χ2n) is 12.9. The number of methoxy groups -OCH3 is 2. The van der Waals surface area contributed by atoms with Crippen molar-refractivity contribution in [2.75, 3.05) is 20.8 Å². The highest BCUT2D eigenvalue weighted by atomic mass is 16.6. The molecule has 0 amide bonds. The third-order valence-corrected chi connectivity index (χ3v) is 9.70. The maximum Gasteiger partial charge on any atom is 0.340 e. The maximum absolute atomic E-state index is 13.9. The lowest BCUT2D eigenvalue weighted by molar-refractivity contribution is -0.172. The average molecular weight is 723 g/mol. The Morgan fingerprint density at radius 2 is 1.22 bits per heavy atom. The van der Waals surface area contributed by atoms with Crippen molar-refractivity contribution >= 4 is 28.7 Å². The van der Waals surface area contributed by atoms with Crippen molar-refractivity contribution < 1.29 is 38.4 Å². The van der Waals surface area contributed by atoms with Crippen molar-refractivity contribution in [3.63, 3.8) is 0 Å². The van der Waals surface area contributed by atoms with Gasteiger partial charge in [0.15, 0.2) is 6.10 Å². The summed E-state index contributed by atoms with van der Waals surface area (Å²) in [5.74, 6) is -3.66. The Balaban J connectivity index is 1.40. The van der Waals surface area contributed by atoms with Gasteiger partial charge in [0.05, 0.1) is 19.3 Å². The van der Waals surface area contributed by atoms with Gasteiger partial charge in [-0.05, 0) is 63.6 Å². The molecule has 0 saturated carbocycles. The van der Waals surface area contributed by atoms with Crippen LogP contribution in [0.15, 0.2) is 158 Å².